The largest absolute Gasteiger partial charge is 0.338 e. The Morgan fingerprint density at radius 2 is 2.21 bits per heavy atom. The van der Waals surface area contributed by atoms with Crippen LogP contribution >= 0.6 is 0 Å². The van der Waals surface area contributed by atoms with E-state index < -0.39 is 0 Å². The molecule has 0 radical (unpaired) electrons. The third kappa shape index (κ3) is 1.65. The number of nitrogens with zero attached hydrogens (tertiary/aromatic N) is 1. The zero-order chi connectivity index (χ0) is 10.1. The van der Waals surface area contributed by atoms with Gasteiger partial charge in [0.2, 0.25) is 5.91 Å². The second kappa shape index (κ2) is 3.89. The number of carbonyl (C=O) groups excluding carboxylic acids is 1. The van der Waals surface area contributed by atoms with Gasteiger partial charge in [0.15, 0.2) is 0 Å². The molecule has 2 fully saturated rings. The molecule has 1 amide bonds. The monoisotopic (exact) mass is 196 g/mol. The van der Waals surface area contributed by atoms with Crippen molar-refractivity contribution in [1.82, 2.24) is 10.2 Å². The van der Waals surface area contributed by atoms with Crippen LogP contribution in [-0.2, 0) is 4.79 Å². The average molecular weight is 196 g/mol. The lowest BCUT2D eigenvalue weighted by Gasteiger charge is -2.38. The summed E-state index contributed by atoms with van der Waals surface area (Å²) in [5.41, 5.74) is 0. The Bertz CT molecular complexity index is 227. The fourth-order valence-corrected chi connectivity index (χ4v) is 2.67. The third-order valence-corrected chi connectivity index (χ3v) is 3.46. The van der Waals surface area contributed by atoms with Gasteiger partial charge in [0.1, 0.15) is 0 Å². The van der Waals surface area contributed by atoms with Crippen LogP contribution in [-0.4, -0.2) is 36.5 Å². The molecular formula is C11H20N2O. The van der Waals surface area contributed by atoms with E-state index in [-0.39, 0.29) is 5.92 Å². The van der Waals surface area contributed by atoms with Gasteiger partial charge in [0, 0.05) is 31.6 Å². The first kappa shape index (κ1) is 9.97. The topological polar surface area (TPSA) is 32.3 Å². The molecule has 14 heavy (non-hydrogen) atoms. The summed E-state index contributed by atoms with van der Waals surface area (Å²) in [6.07, 6.45) is 2.47. The van der Waals surface area contributed by atoms with E-state index in [2.05, 4.69) is 10.2 Å². The van der Waals surface area contributed by atoms with Crippen LogP contribution in [0.2, 0.25) is 0 Å². The molecule has 2 heterocycles. The first-order valence-corrected chi connectivity index (χ1v) is 5.71. The highest BCUT2D eigenvalue weighted by molar-refractivity contribution is 5.78. The number of hydrogen-bond acceptors (Lipinski definition) is 2. The normalized spacial score (nSPS) is 32.1. The maximum Gasteiger partial charge on any atom is 0.225 e. The molecule has 80 valence electrons. The number of rotatable bonds is 1. The van der Waals surface area contributed by atoms with Crippen molar-refractivity contribution in [3.8, 4) is 0 Å². The number of carbonyl (C=O) groups is 1. The number of likely N-dealkylation sites (tertiary alicyclic amines) is 1. The van der Waals surface area contributed by atoms with Crippen LogP contribution in [0.15, 0.2) is 0 Å². The van der Waals surface area contributed by atoms with Crippen LogP contribution < -0.4 is 5.32 Å². The lowest BCUT2D eigenvalue weighted by Crippen LogP contribution is -2.49. The van der Waals surface area contributed by atoms with Crippen molar-refractivity contribution in [3.63, 3.8) is 0 Å². The van der Waals surface area contributed by atoms with Crippen LogP contribution in [0.5, 0.6) is 0 Å². The minimum Gasteiger partial charge on any atom is -0.338 e. The van der Waals surface area contributed by atoms with Crippen LogP contribution in [0.1, 0.15) is 26.7 Å². The summed E-state index contributed by atoms with van der Waals surface area (Å²) in [6.45, 7) is 7.07. The molecule has 0 aromatic heterocycles. The number of amides is 1. The Balaban J connectivity index is 2.06. The third-order valence-electron chi connectivity index (χ3n) is 3.46. The van der Waals surface area contributed by atoms with Crippen molar-refractivity contribution in [2.45, 2.75) is 32.7 Å². The maximum atomic E-state index is 11.9. The molecule has 3 heteroatoms. The first-order valence-electron chi connectivity index (χ1n) is 5.71. The van der Waals surface area contributed by atoms with Gasteiger partial charge in [-0.2, -0.15) is 0 Å². The number of hydrogen-bond donors (Lipinski definition) is 1. The molecule has 0 bridgehead atoms. The van der Waals surface area contributed by atoms with Crippen molar-refractivity contribution in [1.29, 1.82) is 0 Å². The van der Waals surface area contributed by atoms with Gasteiger partial charge < -0.3 is 10.2 Å². The van der Waals surface area contributed by atoms with E-state index in [1.807, 2.05) is 13.8 Å². The maximum absolute atomic E-state index is 11.9. The molecule has 0 aliphatic carbocycles. The summed E-state index contributed by atoms with van der Waals surface area (Å²) in [5, 5.41) is 3.39. The van der Waals surface area contributed by atoms with Gasteiger partial charge in [-0.1, -0.05) is 13.8 Å². The number of nitrogens with one attached hydrogen (secondary N) is 1. The van der Waals surface area contributed by atoms with E-state index in [1.54, 1.807) is 0 Å². The Hall–Kier alpha value is -0.570. The summed E-state index contributed by atoms with van der Waals surface area (Å²) in [5.74, 6) is 1.20. The van der Waals surface area contributed by atoms with Crippen LogP contribution in [0, 0.1) is 11.8 Å². The predicted molar refractivity (Wildman–Crippen MR) is 55.9 cm³/mol. The molecule has 2 aliphatic heterocycles. The molecular weight excluding hydrogens is 176 g/mol. The lowest BCUT2D eigenvalue weighted by atomic mass is 9.91. The zero-order valence-electron chi connectivity index (χ0n) is 9.12. The van der Waals surface area contributed by atoms with Gasteiger partial charge in [0.05, 0.1) is 0 Å². The van der Waals surface area contributed by atoms with Gasteiger partial charge in [-0.15, -0.1) is 0 Å². The van der Waals surface area contributed by atoms with Crippen molar-refractivity contribution < 1.29 is 4.79 Å². The van der Waals surface area contributed by atoms with Gasteiger partial charge in [-0.05, 0) is 18.8 Å². The van der Waals surface area contributed by atoms with E-state index in [0.717, 1.165) is 19.6 Å². The van der Waals surface area contributed by atoms with Gasteiger partial charge in [-0.3, -0.25) is 4.79 Å². The summed E-state index contributed by atoms with van der Waals surface area (Å²) in [4.78, 5) is 14.0. The van der Waals surface area contributed by atoms with E-state index in [0.29, 0.717) is 17.9 Å². The summed E-state index contributed by atoms with van der Waals surface area (Å²) in [7, 11) is 0. The molecule has 3 nitrogen and oxygen atoms in total. The highest BCUT2D eigenvalue weighted by atomic mass is 16.2. The Labute approximate surface area is 85.8 Å². The lowest BCUT2D eigenvalue weighted by molar-refractivity contribution is -0.138. The van der Waals surface area contributed by atoms with Crippen molar-refractivity contribution in [3.05, 3.63) is 0 Å². The van der Waals surface area contributed by atoms with E-state index in [9.17, 15) is 4.79 Å². The molecule has 0 spiro atoms. The summed E-state index contributed by atoms with van der Waals surface area (Å²) in [6, 6.07) is 0.485. The molecule has 2 saturated heterocycles. The van der Waals surface area contributed by atoms with Crippen molar-refractivity contribution in [2.75, 3.05) is 19.6 Å². The van der Waals surface area contributed by atoms with E-state index in [4.69, 9.17) is 0 Å². The Morgan fingerprint density at radius 3 is 2.93 bits per heavy atom. The molecule has 0 saturated carbocycles. The number of piperidine rings is 1. The second-order valence-corrected chi connectivity index (χ2v) is 4.81. The van der Waals surface area contributed by atoms with E-state index >= 15 is 0 Å². The fourth-order valence-electron chi connectivity index (χ4n) is 2.67. The molecule has 0 aromatic carbocycles. The molecule has 2 rings (SSSR count). The molecule has 1 N–H and O–H groups in total. The first-order chi connectivity index (χ1) is 6.70. The second-order valence-electron chi connectivity index (χ2n) is 4.81. The predicted octanol–water partition coefficient (Wildman–Crippen LogP) is 0.853. The van der Waals surface area contributed by atoms with Crippen LogP contribution in [0.25, 0.3) is 0 Å². The van der Waals surface area contributed by atoms with E-state index in [1.165, 1.54) is 12.8 Å². The van der Waals surface area contributed by atoms with Gasteiger partial charge >= 0.3 is 0 Å². The highest BCUT2D eigenvalue weighted by Gasteiger charge is 2.37. The standard InChI is InChI=1S/C11H20N2O/c1-8(2)11(14)13-5-3-4-9-6-12-7-10(9)13/h8-10,12H,3-7H2,1-2H3. The fraction of sp³-hybridized carbons (Fsp3) is 0.909. The minimum atomic E-state index is 0.148. The van der Waals surface area contributed by atoms with Gasteiger partial charge in [0.25, 0.3) is 0 Å². The highest BCUT2D eigenvalue weighted by Crippen LogP contribution is 2.27. The zero-order valence-corrected chi connectivity index (χ0v) is 9.12. The minimum absolute atomic E-state index is 0.148. The molecule has 0 aromatic rings. The summed E-state index contributed by atoms with van der Waals surface area (Å²) >= 11 is 0. The van der Waals surface area contributed by atoms with Gasteiger partial charge in [-0.25, -0.2) is 0 Å². The average Bonchev–Trinajstić information content (AvgIpc) is 2.63. The smallest absolute Gasteiger partial charge is 0.225 e. The Kier molecular flexibility index (Phi) is 2.77. The Morgan fingerprint density at radius 1 is 1.43 bits per heavy atom. The number of fused-ring (bicyclic) bond motifs is 1. The SMILES string of the molecule is CC(C)C(=O)N1CCCC2CNCC21. The van der Waals surface area contributed by atoms with Crippen LogP contribution in [0.4, 0.5) is 0 Å². The van der Waals surface area contributed by atoms with Crippen molar-refractivity contribution in [2.24, 2.45) is 11.8 Å². The summed E-state index contributed by atoms with van der Waals surface area (Å²) < 4.78 is 0. The molecule has 2 unspecified atom stereocenters. The molecule has 2 atom stereocenters. The van der Waals surface area contributed by atoms with Crippen molar-refractivity contribution >= 4 is 5.91 Å². The molecule has 2 aliphatic rings. The quantitative estimate of drug-likeness (QED) is 0.674. The van der Waals surface area contributed by atoms with Crippen LogP contribution in [0.3, 0.4) is 0 Å².